The van der Waals surface area contributed by atoms with E-state index < -0.39 is 10.0 Å². The van der Waals surface area contributed by atoms with Gasteiger partial charge in [0.15, 0.2) is 0 Å². The zero-order chi connectivity index (χ0) is 22.7. The van der Waals surface area contributed by atoms with E-state index in [0.717, 1.165) is 4.31 Å². The molecule has 10 heteroatoms. The Labute approximate surface area is 184 Å². The predicted molar refractivity (Wildman–Crippen MR) is 117 cm³/mol. The summed E-state index contributed by atoms with van der Waals surface area (Å²) in [5.74, 6) is -0.0481. The van der Waals surface area contributed by atoms with Gasteiger partial charge in [-0.2, -0.15) is 10.4 Å². The van der Waals surface area contributed by atoms with E-state index in [1.54, 1.807) is 41.2 Å². The highest BCUT2D eigenvalue weighted by molar-refractivity contribution is 7.92. The standard InChI is InChI=1S/C22H18N6O3S/c1-27(21-8-7-16(12-23)13-24-21)32(30,31)19-9-10-28-20(11-19)18(15-26-28)14-25-22(29)17-5-3-2-4-6-17/h2-11,13,15H,14H2,1H3,(H,25,29). The number of sulfonamides is 1. The lowest BCUT2D eigenvalue weighted by atomic mass is 10.2. The molecule has 0 fully saturated rings. The molecule has 0 unspecified atom stereocenters. The number of pyridine rings is 2. The molecule has 32 heavy (non-hydrogen) atoms. The first-order valence-corrected chi connectivity index (χ1v) is 11.0. The third-order valence-corrected chi connectivity index (χ3v) is 6.66. The fourth-order valence-electron chi connectivity index (χ4n) is 3.10. The summed E-state index contributed by atoms with van der Waals surface area (Å²) in [6.45, 7) is 0.188. The third-order valence-electron chi connectivity index (χ3n) is 4.91. The van der Waals surface area contributed by atoms with Crippen LogP contribution in [0.2, 0.25) is 0 Å². The van der Waals surface area contributed by atoms with E-state index in [1.165, 1.54) is 37.5 Å². The number of rotatable bonds is 6. The Hall–Kier alpha value is -4.23. The lowest BCUT2D eigenvalue weighted by molar-refractivity contribution is 0.0951. The van der Waals surface area contributed by atoms with Gasteiger partial charge < -0.3 is 5.32 Å². The second-order valence-electron chi connectivity index (χ2n) is 6.90. The van der Waals surface area contributed by atoms with E-state index in [2.05, 4.69) is 15.4 Å². The Morgan fingerprint density at radius 2 is 1.94 bits per heavy atom. The number of aromatic nitrogens is 3. The molecule has 3 heterocycles. The lowest BCUT2D eigenvalue weighted by Crippen LogP contribution is -2.27. The monoisotopic (exact) mass is 446 g/mol. The van der Waals surface area contributed by atoms with Crippen LogP contribution in [0.15, 0.2) is 78.1 Å². The third kappa shape index (κ3) is 4.01. The summed E-state index contributed by atoms with van der Waals surface area (Å²) < 4.78 is 28.9. The summed E-state index contributed by atoms with van der Waals surface area (Å²) in [5.41, 5.74) is 2.09. The number of hydrogen-bond donors (Lipinski definition) is 1. The number of nitrogens with one attached hydrogen (secondary N) is 1. The van der Waals surface area contributed by atoms with Crippen molar-refractivity contribution >= 4 is 27.3 Å². The lowest BCUT2D eigenvalue weighted by Gasteiger charge is -2.18. The molecule has 1 amide bonds. The van der Waals surface area contributed by atoms with Crippen LogP contribution in [0, 0.1) is 11.3 Å². The second-order valence-corrected chi connectivity index (χ2v) is 8.87. The fourth-order valence-corrected chi connectivity index (χ4v) is 4.26. The summed E-state index contributed by atoms with van der Waals surface area (Å²) >= 11 is 0. The van der Waals surface area contributed by atoms with Crippen LogP contribution in [0.1, 0.15) is 21.5 Å². The zero-order valence-corrected chi connectivity index (χ0v) is 17.8. The Balaban J connectivity index is 1.60. The van der Waals surface area contributed by atoms with Crippen LogP contribution in [0.4, 0.5) is 5.82 Å². The molecule has 0 bridgehead atoms. The maximum atomic E-state index is 13.1. The summed E-state index contributed by atoms with van der Waals surface area (Å²) in [6.07, 6.45) is 4.45. The Bertz CT molecular complexity index is 1420. The highest BCUT2D eigenvalue weighted by atomic mass is 32.2. The summed E-state index contributed by atoms with van der Waals surface area (Å²) in [5, 5.41) is 15.9. The van der Waals surface area contributed by atoms with Crippen molar-refractivity contribution in [2.75, 3.05) is 11.4 Å². The zero-order valence-electron chi connectivity index (χ0n) is 17.0. The van der Waals surface area contributed by atoms with Gasteiger partial charge in [0.05, 0.1) is 22.2 Å². The molecule has 0 saturated carbocycles. The molecule has 0 radical (unpaired) electrons. The number of carbonyl (C=O) groups excluding carboxylic acids is 1. The second kappa shape index (κ2) is 8.49. The van der Waals surface area contributed by atoms with E-state index in [0.29, 0.717) is 22.2 Å². The van der Waals surface area contributed by atoms with Crippen molar-refractivity contribution in [3.63, 3.8) is 0 Å². The van der Waals surface area contributed by atoms with Gasteiger partial charge in [-0.1, -0.05) is 18.2 Å². The largest absolute Gasteiger partial charge is 0.348 e. The SMILES string of the molecule is CN(c1ccc(C#N)cn1)S(=O)(=O)c1ccn2ncc(CNC(=O)c3ccccc3)c2c1. The van der Waals surface area contributed by atoms with E-state index in [1.807, 2.05) is 12.1 Å². The summed E-state index contributed by atoms with van der Waals surface area (Å²) in [4.78, 5) is 16.4. The van der Waals surface area contributed by atoms with Crippen LogP contribution in [-0.2, 0) is 16.6 Å². The average Bonchev–Trinajstić information content (AvgIpc) is 3.25. The van der Waals surface area contributed by atoms with Gasteiger partial charge in [-0.25, -0.2) is 17.9 Å². The number of amides is 1. The first-order chi connectivity index (χ1) is 15.4. The van der Waals surface area contributed by atoms with E-state index in [4.69, 9.17) is 5.26 Å². The smallest absolute Gasteiger partial charge is 0.265 e. The maximum Gasteiger partial charge on any atom is 0.265 e. The molecule has 0 saturated heterocycles. The number of nitriles is 1. The molecule has 9 nitrogen and oxygen atoms in total. The molecule has 1 aromatic carbocycles. The minimum Gasteiger partial charge on any atom is -0.348 e. The van der Waals surface area contributed by atoms with E-state index in [9.17, 15) is 13.2 Å². The van der Waals surface area contributed by atoms with Gasteiger partial charge >= 0.3 is 0 Å². The quantitative estimate of drug-likeness (QED) is 0.485. The minimum atomic E-state index is -3.91. The van der Waals surface area contributed by atoms with Crippen LogP contribution in [0.5, 0.6) is 0 Å². The fraction of sp³-hybridized carbons (Fsp3) is 0.0909. The Kier molecular flexibility index (Phi) is 5.57. The van der Waals surface area contributed by atoms with Gasteiger partial charge in [0, 0.05) is 37.1 Å². The van der Waals surface area contributed by atoms with Crippen LogP contribution in [0.3, 0.4) is 0 Å². The van der Waals surface area contributed by atoms with E-state index in [-0.39, 0.29) is 23.2 Å². The van der Waals surface area contributed by atoms with Crippen molar-refractivity contribution in [3.8, 4) is 6.07 Å². The minimum absolute atomic E-state index is 0.0507. The Morgan fingerprint density at radius 3 is 2.62 bits per heavy atom. The predicted octanol–water partition coefficient (Wildman–Crippen LogP) is 2.36. The summed E-state index contributed by atoms with van der Waals surface area (Å²) in [6, 6.07) is 16.7. The summed E-state index contributed by atoms with van der Waals surface area (Å²) in [7, 11) is -2.52. The molecule has 1 N–H and O–H groups in total. The van der Waals surface area contributed by atoms with Crippen LogP contribution >= 0.6 is 0 Å². The highest BCUT2D eigenvalue weighted by Crippen LogP contribution is 2.23. The van der Waals surface area contributed by atoms with Crippen molar-refractivity contribution in [3.05, 3.63) is 89.9 Å². The van der Waals surface area contributed by atoms with Crippen LogP contribution < -0.4 is 9.62 Å². The average molecular weight is 446 g/mol. The van der Waals surface area contributed by atoms with Crippen molar-refractivity contribution in [2.24, 2.45) is 0 Å². The molecule has 160 valence electrons. The molecule has 0 spiro atoms. The first-order valence-electron chi connectivity index (χ1n) is 9.55. The number of carbonyl (C=O) groups is 1. The van der Waals surface area contributed by atoms with Gasteiger partial charge in [0.1, 0.15) is 11.9 Å². The van der Waals surface area contributed by atoms with Crippen molar-refractivity contribution in [1.82, 2.24) is 19.9 Å². The molecule has 4 rings (SSSR count). The first kappa shape index (κ1) is 21.0. The topological polar surface area (TPSA) is 120 Å². The number of nitrogens with zero attached hydrogens (tertiary/aromatic N) is 5. The number of fused-ring (bicyclic) bond motifs is 1. The number of anilines is 1. The molecule has 0 atom stereocenters. The van der Waals surface area contributed by atoms with Crippen LogP contribution in [0.25, 0.3) is 5.52 Å². The van der Waals surface area contributed by atoms with Gasteiger partial charge in [-0.05, 0) is 36.4 Å². The number of benzene rings is 1. The van der Waals surface area contributed by atoms with Crippen molar-refractivity contribution in [1.29, 1.82) is 5.26 Å². The molecular weight excluding hydrogens is 428 g/mol. The van der Waals surface area contributed by atoms with Crippen LogP contribution in [-0.4, -0.2) is 36.0 Å². The molecule has 4 aromatic rings. The highest BCUT2D eigenvalue weighted by Gasteiger charge is 2.23. The van der Waals surface area contributed by atoms with Crippen molar-refractivity contribution < 1.29 is 13.2 Å². The molecule has 0 aliphatic heterocycles. The Morgan fingerprint density at radius 1 is 1.16 bits per heavy atom. The van der Waals surface area contributed by atoms with E-state index >= 15 is 0 Å². The van der Waals surface area contributed by atoms with Gasteiger partial charge in [0.25, 0.3) is 15.9 Å². The van der Waals surface area contributed by atoms with Gasteiger partial charge in [-0.3, -0.25) is 9.10 Å². The van der Waals surface area contributed by atoms with Gasteiger partial charge in [-0.15, -0.1) is 0 Å². The molecule has 3 aromatic heterocycles. The molecular formula is C22H18N6O3S. The molecule has 0 aliphatic rings. The normalized spacial score (nSPS) is 11.1. The number of hydrogen-bond acceptors (Lipinski definition) is 6. The van der Waals surface area contributed by atoms with Gasteiger partial charge in [0.2, 0.25) is 0 Å². The van der Waals surface area contributed by atoms with Crippen molar-refractivity contribution in [2.45, 2.75) is 11.4 Å². The maximum absolute atomic E-state index is 13.1. The molecule has 0 aliphatic carbocycles.